The Bertz CT molecular complexity index is 902. The van der Waals surface area contributed by atoms with Crippen LogP contribution < -0.4 is 25.8 Å². The van der Waals surface area contributed by atoms with E-state index in [0.29, 0.717) is 10.2 Å². The standard InChI is InChI=1S/C12H16F3N3O.C7H5BrF3NO/c1-17-4-6-18(7-5-17)9-2-3-10(16)11(8-9)19-12(13,14)15;8-4-1-2-5(12)6(3-4)13-7(9,10)11/h2-3,8H,4-7,16H2,1H3;1-3H,12H2. The minimum absolute atomic E-state index is 0.0183. The zero-order valence-corrected chi connectivity index (χ0v) is 18.4. The Balaban J connectivity index is 0.000000244. The van der Waals surface area contributed by atoms with Crippen molar-refractivity contribution in [2.24, 2.45) is 0 Å². The molecule has 1 fully saturated rings. The van der Waals surface area contributed by atoms with Crippen LogP contribution in [0.4, 0.5) is 43.4 Å². The van der Waals surface area contributed by atoms with Gasteiger partial charge < -0.3 is 30.7 Å². The summed E-state index contributed by atoms with van der Waals surface area (Å²) < 4.78 is 80.1. The van der Waals surface area contributed by atoms with Gasteiger partial charge in [0.1, 0.15) is 0 Å². The molecule has 2 aromatic carbocycles. The first kappa shape index (κ1) is 25.7. The van der Waals surface area contributed by atoms with Crippen LogP contribution in [0.1, 0.15) is 0 Å². The number of hydrogen-bond acceptors (Lipinski definition) is 6. The molecule has 0 aromatic heterocycles. The third-order valence-electron chi connectivity index (χ3n) is 4.29. The number of nitrogens with two attached hydrogens (primary N) is 2. The molecule has 2 aromatic rings. The van der Waals surface area contributed by atoms with Crippen LogP contribution in [0.5, 0.6) is 11.5 Å². The summed E-state index contributed by atoms with van der Waals surface area (Å²) in [4.78, 5) is 4.18. The number of alkyl halides is 6. The van der Waals surface area contributed by atoms with Crippen molar-refractivity contribution in [3.05, 3.63) is 40.9 Å². The summed E-state index contributed by atoms with van der Waals surface area (Å²) in [6.07, 6.45) is -9.44. The lowest BCUT2D eigenvalue weighted by molar-refractivity contribution is -0.275. The van der Waals surface area contributed by atoms with E-state index in [1.165, 1.54) is 24.3 Å². The molecule has 0 atom stereocenters. The molecule has 1 heterocycles. The Morgan fingerprint density at radius 3 is 1.75 bits per heavy atom. The molecule has 3 rings (SSSR count). The molecular weight excluding hydrogens is 510 g/mol. The predicted molar refractivity (Wildman–Crippen MR) is 112 cm³/mol. The molecule has 6 nitrogen and oxygen atoms in total. The van der Waals surface area contributed by atoms with Crippen molar-refractivity contribution in [3.63, 3.8) is 0 Å². The number of hydrogen-bond donors (Lipinski definition) is 2. The normalized spacial score (nSPS) is 15.1. The second-order valence-corrected chi connectivity index (χ2v) is 7.71. The number of likely N-dealkylation sites (N-methyl/N-ethyl adjacent to an activating group) is 1. The first-order chi connectivity index (χ1) is 14.7. The second kappa shape index (κ2) is 10.4. The highest BCUT2D eigenvalue weighted by atomic mass is 79.9. The van der Waals surface area contributed by atoms with Gasteiger partial charge in [-0.1, -0.05) is 15.9 Å². The first-order valence-corrected chi connectivity index (χ1v) is 9.92. The minimum Gasteiger partial charge on any atom is -0.404 e. The lowest BCUT2D eigenvalue weighted by atomic mass is 10.2. The maximum absolute atomic E-state index is 12.2. The summed E-state index contributed by atoms with van der Waals surface area (Å²) in [5, 5.41) is 0. The van der Waals surface area contributed by atoms with Crippen LogP contribution in [0, 0.1) is 0 Å². The Labute approximate surface area is 188 Å². The van der Waals surface area contributed by atoms with Gasteiger partial charge in [0.15, 0.2) is 11.5 Å². The lowest BCUT2D eigenvalue weighted by Gasteiger charge is -2.34. The quantitative estimate of drug-likeness (QED) is 0.436. The third-order valence-corrected chi connectivity index (χ3v) is 4.79. The summed E-state index contributed by atoms with van der Waals surface area (Å²) in [5.74, 6) is -0.745. The summed E-state index contributed by atoms with van der Waals surface area (Å²) in [6.45, 7) is 3.29. The average molecular weight is 531 g/mol. The molecular formula is C19H21BrF6N4O2. The van der Waals surface area contributed by atoms with Crippen molar-refractivity contribution in [1.29, 1.82) is 0 Å². The zero-order chi connectivity index (χ0) is 24.1. The minimum atomic E-state index is -4.73. The van der Waals surface area contributed by atoms with Crippen molar-refractivity contribution in [2.75, 3.05) is 49.6 Å². The SMILES string of the molecule is CN1CCN(c2ccc(N)c(OC(F)(F)F)c2)CC1.Nc1ccc(Br)cc1OC(F)(F)F. The van der Waals surface area contributed by atoms with E-state index in [-0.39, 0.29) is 17.1 Å². The molecule has 0 bridgehead atoms. The topological polar surface area (TPSA) is 77.0 Å². The number of rotatable bonds is 3. The van der Waals surface area contributed by atoms with Gasteiger partial charge in [-0.2, -0.15) is 0 Å². The van der Waals surface area contributed by atoms with Gasteiger partial charge in [-0.15, -0.1) is 26.3 Å². The highest BCUT2D eigenvalue weighted by Crippen LogP contribution is 2.33. The van der Waals surface area contributed by atoms with E-state index >= 15 is 0 Å². The summed E-state index contributed by atoms with van der Waals surface area (Å²) in [7, 11) is 2.01. The number of nitrogens with zero attached hydrogens (tertiary/aromatic N) is 2. The van der Waals surface area contributed by atoms with Crippen LogP contribution in [-0.4, -0.2) is 50.9 Å². The molecule has 1 aliphatic heterocycles. The number of anilines is 3. The largest absolute Gasteiger partial charge is 0.573 e. The van der Waals surface area contributed by atoms with Crippen molar-refractivity contribution < 1.29 is 35.8 Å². The molecule has 1 aliphatic rings. The summed E-state index contributed by atoms with van der Waals surface area (Å²) in [6, 6.07) is 8.50. The van der Waals surface area contributed by atoms with Gasteiger partial charge in [0.05, 0.1) is 11.4 Å². The monoisotopic (exact) mass is 530 g/mol. The van der Waals surface area contributed by atoms with Crippen LogP contribution in [0.2, 0.25) is 0 Å². The molecule has 0 spiro atoms. The van der Waals surface area contributed by atoms with Crippen molar-refractivity contribution >= 4 is 33.0 Å². The van der Waals surface area contributed by atoms with E-state index in [0.717, 1.165) is 32.2 Å². The smallest absolute Gasteiger partial charge is 0.404 e. The van der Waals surface area contributed by atoms with Gasteiger partial charge in [-0.25, -0.2) is 0 Å². The van der Waals surface area contributed by atoms with E-state index in [2.05, 4.69) is 30.3 Å². The number of ether oxygens (including phenoxy) is 2. The van der Waals surface area contributed by atoms with E-state index in [1.807, 2.05) is 11.9 Å². The fourth-order valence-corrected chi connectivity index (χ4v) is 3.06. The Morgan fingerprint density at radius 1 is 0.781 bits per heavy atom. The fourth-order valence-electron chi connectivity index (χ4n) is 2.72. The molecule has 32 heavy (non-hydrogen) atoms. The molecule has 0 saturated carbocycles. The van der Waals surface area contributed by atoms with E-state index in [9.17, 15) is 26.3 Å². The van der Waals surface area contributed by atoms with E-state index < -0.39 is 18.5 Å². The maximum atomic E-state index is 12.2. The highest BCUT2D eigenvalue weighted by molar-refractivity contribution is 9.10. The molecule has 0 unspecified atom stereocenters. The molecule has 4 N–H and O–H groups in total. The van der Waals surface area contributed by atoms with Crippen LogP contribution in [0.3, 0.4) is 0 Å². The van der Waals surface area contributed by atoms with E-state index in [1.54, 1.807) is 6.07 Å². The number of nitrogen functional groups attached to an aromatic ring is 2. The fraction of sp³-hybridized carbons (Fsp3) is 0.368. The van der Waals surface area contributed by atoms with Crippen LogP contribution in [-0.2, 0) is 0 Å². The number of benzene rings is 2. The van der Waals surface area contributed by atoms with Crippen LogP contribution in [0.15, 0.2) is 40.9 Å². The Hall–Kier alpha value is -2.54. The lowest BCUT2D eigenvalue weighted by Crippen LogP contribution is -2.44. The molecule has 0 amide bonds. The number of halogens is 7. The van der Waals surface area contributed by atoms with Gasteiger partial charge in [0, 0.05) is 42.4 Å². The third kappa shape index (κ3) is 8.54. The molecule has 0 aliphatic carbocycles. The van der Waals surface area contributed by atoms with Crippen molar-refractivity contribution in [1.82, 2.24) is 4.90 Å². The van der Waals surface area contributed by atoms with Gasteiger partial charge in [-0.3, -0.25) is 0 Å². The molecule has 178 valence electrons. The predicted octanol–water partition coefficient (Wildman–Crippen LogP) is 4.85. The average Bonchev–Trinajstić information content (AvgIpc) is 2.65. The zero-order valence-electron chi connectivity index (χ0n) is 16.8. The molecule has 1 saturated heterocycles. The Morgan fingerprint density at radius 2 is 1.25 bits per heavy atom. The van der Waals surface area contributed by atoms with Crippen LogP contribution >= 0.6 is 15.9 Å². The van der Waals surface area contributed by atoms with Crippen molar-refractivity contribution in [3.8, 4) is 11.5 Å². The first-order valence-electron chi connectivity index (χ1n) is 9.13. The van der Waals surface area contributed by atoms with Crippen molar-refractivity contribution in [2.45, 2.75) is 12.7 Å². The molecule has 13 heteroatoms. The highest BCUT2D eigenvalue weighted by Gasteiger charge is 2.33. The van der Waals surface area contributed by atoms with E-state index in [4.69, 9.17) is 11.5 Å². The van der Waals surface area contributed by atoms with Gasteiger partial charge in [0.25, 0.3) is 0 Å². The number of piperazine rings is 1. The summed E-state index contributed by atoms with van der Waals surface area (Å²) in [5.41, 5.74) is 11.4. The second-order valence-electron chi connectivity index (χ2n) is 6.79. The van der Waals surface area contributed by atoms with Gasteiger partial charge >= 0.3 is 12.7 Å². The van der Waals surface area contributed by atoms with Crippen LogP contribution in [0.25, 0.3) is 0 Å². The maximum Gasteiger partial charge on any atom is 0.573 e. The molecule has 0 radical (unpaired) electrons. The summed E-state index contributed by atoms with van der Waals surface area (Å²) >= 11 is 3.00. The van der Waals surface area contributed by atoms with Gasteiger partial charge in [0.2, 0.25) is 0 Å². The van der Waals surface area contributed by atoms with Gasteiger partial charge in [-0.05, 0) is 37.4 Å². The Kier molecular flexibility index (Phi) is 8.35.